The SMILES string of the molecule is N#Cc1c(-c2ccc(Cl)cc2)cc(-c2cccs2)nc1SCc1ccc(C(=O)O)cc1. The fourth-order valence-electron chi connectivity index (χ4n) is 3.04. The molecule has 152 valence electrons. The Balaban J connectivity index is 1.74. The number of rotatable bonds is 6. The smallest absolute Gasteiger partial charge is 0.335 e. The summed E-state index contributed by atoms with van der Waals surface area (Å²) in [4.78, 5) is 16.9. The minimum Gasteiger partial charge on any atom is -0.478 e. The van der Waals surface area contributed by atoms with Crippen molar-refractivity contribution in [3.63, 3.8) is 0 Å². The normalized spacial score (nSPS) is 10.6. The maximum absolute atomic E-state index is 11.1. The summed E-state index contributed by atoms with van der Waals surface area (Å²) < 4.78 is 0. The molecular weight excluding hydrogens is 448 g/mol. The van der Waals surface area contributed by atoms with Crippen LogP contribution in [-0.2, 0) is 5.75 Å². The van der Waals surface area contributed by atoms with Crippen molar-refractivity contribution in [1.82, 2.24) is 4.98 Å². The number of pyridine rings is 1. The summed E-state index contributed by atoms with van der Waals surface area (Å²) in [5, 5.41) is 22.3. The highest BCUT2D eigenvalue weighted by Crippen LogP contribution is 2.36. The molecule has 0 fully saturated rings. The molecule has 0 atom stereocenters. The van der Waals surface area contributed by atoms with Gasteiger partial charge in [0.2, 0.25) is 0 Å². The highest BCUT2D eigenvalue weighted by molar-refractivity contribution is 7.98. The minimum absolute atomic E-state index is 0.245. The molecule has 7 heteroatoms. The van der Waals surface area contributed by atoms with Crippen molar-refractivity contribution in [2.24, 2.45) is 0 Å². The van der Waals surface area contributed by atoms with Gasteiger partial charge in [0.1, 0.15) is 11.1 Å². The fourth-order valence-corrected chi connectivity index (χ4v) is 4.81. The van der Waals surface area contributed by atoms with Crippen LogP contribution in [0.3, 0.4) is 0 Å². The quantitative estimate of drug-likeness (QED) is 0.312. The van der Waals surface area contributed by atoms with Crippen molar-refractivity contribution in [1.29, 1.82) is 5.26 Å². The van der Waals surface area contributed by atoms with E-state index in [2.05, 4.69) is 6.07 Å². The minimum atomic E-state index is -0.955. The number of hydrogen-bond donors (Lipinski definition) is 1. The van der Waals surface area contributed by atoms with Crippen LogP contribution in [0.4, 0.5) is 0 Å². The average Bonchev–Trinajstić information content (AvgIpc) is 3.33. The summed E-state index contributed by atoms with van der Waals surface area (Å²) in [6, 6.07) is 22.4. The first-order valence-corrected chi connectivity index (χ1v) is 11.5. The second-order valence-corrected chi connectivity index (χ2v) is 8.97. The number of halogens is 1. The molecule has 1 N–H and O–H groups in total. The summed E-state index contributed by atoms with van der Waals surface area (Å²) in [6.07, 6.45) is 0. The molecule has 0 unspecified atom stereocenters. The number of carbonyl (C=O) groups is 1. The Morgan fingerprint density at radius 1 is 1.13 bits per heavy atom. The first-order valence-electron chi connectivity index (χ1n) is 9.25. The van der Waals surface area contributed by atoms with E-state index in [1.54, 1.807) is 47.7 Å². The molecule has 0 saturated heterocycles. The van der Waals surface area contributed by atoms with Crippen LogP contribution in [0.2, 0.25) is 5.02 Å². The molecule has 2 heterocycles. The van der Waals surface area contributed by atoms with E-state index in [1.165, 1.54) is 11.8 Å². The van der Waals surface area contributed by atoms with E-state index in [-0.39, 0.29) is 5.56 Å². The lowest BCUT2D eigenvalue weighted by Gasteiger charge is -2.12. The van der Waals surface area contributed by atoms with Crippen LogP contribution in [0.1, 0.15) is 21.5 Å². The molecule has 0 aliphatic heterocycles. The molecule has 0 aliphatic rings. The van der Waals surface area contributed by atoms with Crippen molar-refractivity contribution in [2.45, 2.75) is 10.8 Å². The largest absolute Gasteiger partial charge is 0.478 e. The summed E-state index contributed by atoms with van der Waals surface area (Å²) in [5.74, 6) is -0.390. The molecule has 4 nitrogen and oxygen atoms in total. The monoisotopic (exact) mass is 462 g/mol. The first-order chi connectivity index (χ1) is 15.0. The van der Waals surface area contributed by atoms with E-state index >= 15 is 0 Å². The van der Waals surface area contributed by atoms with Crippen LogP contribution in [0, 0.1) is 11.3 Å². The van der Waals surface area contributed by atoms with Gasteiger partial charge in [-0.05, 0) is 52.9 Å². The van der Waals surface area contributed by atoms with Gasteiger partial charge in [-0.3, -0.25) is 0 Å². The topological polar surface area (TPSA) is 74.0 Å². The number of aromatic nitrogens is 1. The zero-order valence-electron chi connectivity index (χ0n) is 16.1. The van der Waals surface area contributed by atoms with E-state index in [0.29, 0.717) is 21.4 Å². The lowest BCUT2D eigenvalue weighted by molar-refractivity contribution is 0.0697. The predicted octanol–water partition coefficient (Wildman–Crippen LogP) is 6.99. The Hall–Kier alpha value is -3.11. The van der Waals surface area contributed by atoms with Gasteiger partial charge >= 0.3 is 5.97 Å². The third-order valence-electron chi connectivity index (χ3n) is 4.60. The molecule has 0 bridgehead atoms. The molecule has 0 radical (unpaired) electrons. The van der Waals surface area contributed by atoms with E-state index in [4.69, 9.17) is 21.7 Å². The fraction of sp³-hybridized carbons (Fsp3) is 0.0417. The molecule has 2 aromatic heterocycles. The summed E-state index contributed by atoms with van der Waals surface area (Å²) in [7, 11) is 0. The van der Waals surface area contributed by atoms with Gasteiger partial charge in [0.05, 0.1) is 21.7 Å². The second kappa shape index (κ2) is 9.36. The van der Waals surface area contributed by atoms with Crippen LogP contribution >= 0.6 is 34.7 Å². The van der Waals surface area contributed by atoms with Crippen molar-refractivity contribution >= 4 is 40.7 Å². The van der Waals surface area contributed by atoms with E-state index in [0.717, 1.165) is 27.3 Å². The number of thioether (sulfide) groups is 1. The number of nitriles is 1. The zero-order chi connectivity index (χ0) is 21.8. The highest BCUT2D eigenvalue weighted by atomic mass is 35.5. The van der Waals surface area contributed by atoms with Crippen molar-refractivity contribution in [2.75, 3.05) is 0 Å². The van der Waals surface area contributed by atoms with Gasteiger partial charge in [0.25, 0.3) is 0 Å². The molecule has 0 spiro atoms. The standard InChI is InChI=1S/C24H15ClN2O2S2/c25-18-9-7-16(8-10-18)19-12-21(22-2-1-11-30-22)27-23(20(19)13-26)31-14-15-3-5-17(6-4-15)24(28)29/h1-12H,14H2,(H,28,29). The van der Waals surface area contributed by atoms with Gasteiger partial charge < -0.3 is 5.11 Å². The van der Waals surface area contributed by atoms with Gasteiger partial charge in [0.15, 0.2) is 0 Å². The van der Waals surface area contributed by atoms with Crippen molar-refractivity contribution < 1.29 is 9.90 Å². The zero-order valence-corrected chi connectivity index (χ0v) is 18.5. The van der Waals surface area contributed by atoms with Gasteiger partial charge in [-0.2, -0.15) is 5.26 Å². The van der Waals surface area contributed by atoms with Crippen molar-refractivity contribution in [3.8, 4) is 27.8 Å². The van der Waals surface area contributed by atoms with Crippen LogP contribution in [0.15, 0.2) is 77.1 Å². The van der Waals surface area contributed by atoms with Crippen LogP contribution in [0.25, 0.3) is 21.7 Å². The summed E-state index contributed by atoms with van der Waals surface area (Å²) >= 11 is 9.10. The Bertz CT molecular complexity index is 1260. The number of aromatic carboxylic acids is 1. The molecule has 0 saturated carbocycles. The first kappa shape index (κ1) is 21.1. The number of carboxylic acid groups (broad SMARTS) is 1. The molecule has 4 aromatic rings. The number of hydrogen-bond acceptors (Lipinski definition) is 5. The Labute approximate surface area is 192 Å². The lowest BCUT2D eigenvalue weighted by Crippen LogP contribution is -1.97. The van der Waals surface area contributed by atoms with E-state index in [1.807, 2.05) is 35.7 Å². The number of thiophene rings is 1. The number of nitrogens with zero attached hydrogens (tertiary/aromatic N) is 2. The maximum atomic E-state index is 11.1. The highest BCUT2D eigenvalue weighted by Gasteiger charge is 2.16. The summed E-state index contributed by atoms with van der Waals surface area (Å²) in [5.41, 5.74) is 4.22. The van der Waals surface area contributed by atoms with Gasteiger partial charge in [-0.25, -0.2) is 9.78 Å². The molecule has 0 aliphatic carbocycles. The van der Waals surface area contributed by atoms with Crippen molar-refractivity contribution in [3.05, 3.63) is 93.8 Å². The van der Waals surface area contributed by atoms with E-state index in [9.17, 15) is 10.1 Å². The molecular formula is C24H15ClN2O2S2. The van der Waals surface area contributed by atoms with E-state index < -0.39 is 5.97 Å². The molecule has 2 aromatic carbocycles. The number of benzene rings is 2. The average molecular weight is 463 g/mol. The number of carboxylic acids is 1. The van der Waals surface area contributed by atoms with Crippen LogP contribution in [0.5, 0.6) is 0 Å². The lowest BCUT2D eigenvalue weighted by atomic mass is 10.0. The second-order valence-electron chi connectivity index (χ2n) is 6.62. The molecule has 0 amide bonds. The van der Waals surface area contributed by atoms with Crippen LogP contribution in [-0.4, -0.2) is 16.1 Å². The predicted molar refractivity (Wildman–Crippen MR) is 126 cm³/mol. The molecule has 31 heavy (non-hydrogen) atoms. The van der Waals surface area contributed by atoms with Crippen LogP contribution < -0.4 is 0 Å². The van der Waals surface area contributed by atoms with Gasteiger partial charge in [-0.15, -0.1) is 23.1 Å². The van der Waals surface area contributed by atoms with Gasteiger partial charge in [-0.1, -0.05) is 41.9 Å². The third-order valence-corrected chi connectivity index (χ3v) is 6.79. The summed E-state index contributed by atoms with van der Waals surface area (Å²) in [6.45, 7) is 0. The maximum Gasteiger partial charge on any atom is 0.335 e. The Kier molecular flexibility index (Phi) is 6.38. The Morgan fingerprint density at radius 3 is 2.48 bits per heavy atom. The third kappa shape index (κ3) is 4.80. The Morgan fingerprint density at radius 2 is 1.87 bits per heavy atom. The van der Waals surface area contributed by atoms with Gasteiger partial charge in [0, 0.05) is 16.3 Å². The molecule has 4 rings (SSSR count).